The molecule has 1 aliphatic heterocycles. The molecule has 0 spiro atoms. The molecule has 3 N–H and O–H groups in total. The highest BCUT2D eigenvalue weighted by Crippen LogP contribution is 2.31. The maximum absolute atomic E-state index is 12.0. The summed E-state index contributed by atoms with van der Waals surface area (Å²) in [5.74, 6) is 0.557. The summed E-state index contributed by atoms with van der Waals surface area (Å²) in [6.45, 7) is 3.63. The van der Waals surface area contributed by atoms with Gasteiger partial charge in [0, 0.05) is 25.9 Å². The third-order valence-electron chi connectivity index (χ3n) is 3.43. The highest BCUT2D eigenvalue weighted by molar-refractivity contribution is 7.91. The van der Waals surface area contributed by atoms with E-state index in [1.54, 1.807) is 0 Å². The highest BCUT2D eigenvalue weighted by atomic mass is 32.2. The molecule has 0 bridgehead atoms. The lowest BCUT2D eigenvalue weighted by atomic mass is 10.1. The van der Waals surface area contributed by atoms with Crippen molar-refractivity contribution < 1.29 is 13.5 Å². The number of aromatic nitrogens is 2. The summed E-state index contributed by atoms with van der Waals surface area (Å²) in [6.07, 6.45) is 3.05. The molecule has 1 aliphatic rings. The van der Waals surface area contributed by atoms with Gasteiger partial charge in [-0.05, 0) is 19.3 Å². The molecule has 7 nitrogen and oxygen atoms in total. The van der Waals surface area contributed by atoms with E-state index in [-0.39, 0.29) is 10.7 Å². The molecule has 1 fully saturated rings. The van der Waals surface area contributed by atoms with Crippen molar-refractivity contribution in [3.63, 3.8) is 0 Å². The van der Waals surface area contributed by atoms with Crippen LogP contribution in [0.3, 0.4) is 0 Å². The van der Waals surface area contributed by atoms with Gasteiger partial charge in [-0.1, -0.05) is 6.92 Å². The summed E-state index contributed by atoms with van der Waals surface area (Å²) in [5, 5.41) is 14.1. The molecular weight excluding hydrogens is 280 g/mol. The van der Waals surface area contributed by atoms with Crippen LogP contribution in [-0.4, -0.2) is 48.8 Å². The average Bonchev–Trinajstić information content (AvgIpc) is 2.67. The zero-order valence-electron chi connectivity index (χ0n) is 11.9. The molecular formula is C12H22N4O3S. The van der Waals surface area contributed by atoms with Gasteiger partial charge in [0.05, 0.1) is 6.10 Å². The number of β-amino-alcohol motifs (C(OH)–C–C–N with tert-alkyl or cyclic N) is 1. The molecule has 1 atom stereocenters. The Balaban J connectivity index is 2.48. The molecule has 2 heterocycles. The van der Waals surface area contributed by atoms with Crippen LogP contribution in [0, 0.1) is 0 Å². The first-order chi connectivity index (χ1) is 9.34. The van der Waals surface area contributed by atoms with E-state index in [1.807, 2.05) is 11.8 Å². The SMILES string of the molecule is CCCn1nc(N2CCCC(O)C2)c(S(C)(=O)=O)c1N. The summed E-state index contributed by atoms with van der Waals surface area (Å²) < 4.78 is 25.5. The van der Waals surface area contributed by atoms with Crippen molar-refractivity contribution in [2.75, 3.05) is 30.0 Å². The number of aliphatic hydroxyl groups is 1. The van der Waals surface area contributed by atoms with E-state index in [0.717, 1.165) is 25.5 Å². The van der Waals surface area contributed by atoms with E-state index < -0.39 is 15.9 Å². The molecule has 2 rings (SSSR count). The maximum Gasteiger partial charge on any atom is 0.182 e. The first-order valence-electron chi connectivity index (χ1n) is 6.84. The number of nitrogen functional groups attached to an aromatic ring is 1. The van der Waals surface area contributed by atoms with Crippen LogP contribution in [0.5, 0.6) is 0 Å². The Kier molecular flexibility index (Phi) is 4.24. The molecule has 0 aromatic carbocycles. The van der Waals surface area contributed by atoms with Crippen molar-refractivity contribution in [3.8, 4) is 0 Å². The van der Waals surface area contributed by atoms with E-state index in [4.69, 9.17) is 5.73 Å². The van der Waals surface area contributed by atoms with E-state index in [0.29, 0.717) is 25.5 Å². The number of sulfone groups is 1. The molecule has 114 valence electrons. The standard InChI is InChI=1S/C12H22N4O3S/c1-3-6-16-11(13)10(20(2,18)19)12(14-16)15-7-4-5-9(17)8-15/h9,17H,3-8,13H2,1-2H3. The lowest BCUT2D eigenvalue weighted by Crippen LogP contribution is -2.39. The molecule has 1 aromatic rings. The van der Waals surface area contributed by atoms with Gasteiger partial charge in [-0.25, -0.2) is 13.1 Å². The van der Waals surface area contributed by atoms with Crippen molar-refractivity contribution >= 4 is 21.5 Å². The molecule has 1 unspecified atom stereocenters. The second-order valence-electron chi connectivity index (χ2n) is 5.28. The Labute approximate surface area is 119 Å². The number of aryl methyl sites for hydroxylation is 1. The number of nitrogens with two attached hydrogens (primary N) is 1. The molecule has 20 heavy (non-hydrogen) atoms. The molecule has 1 aromatic heterocycles. The summed E-state index contributed by atoms with van der Waals surface area (Å²) in [7, 11) is -3.46. The minimum atomic E-state index is -3.46. The summed E-state index contributed by atoms with van der Waals surface area (Å²) in [6, 6.07) is 0. The number of piperidine rings is 1. The van der Waals surface area contributed by atoms with Crippen LogP contribution in [0.15, 0.2) is 4.90 Å². The predicted octanol–water partition coefficient (Wildman–Crippen LogP) is 0.240. The van der Waals surface area contributed by atoms with E-state index in [2.05, 4.69) is 5.10 Å². The number of aliphatic hydroxyl groups excluding tert-OH is 1. The zero-order chi connectivity index (χ0) is 14.9. The van der Waals surface area contributed by atoms with E-state index in [9.17, 15) is 13.5 Å². The Morgan fingerprint density at radius 1 is 1.50 bits per heavy atom. The second kappa shape index (κ2) is 5.61. The lowest BCUT2D eigenvalue weighted by molar-refractivity contribution is 0.153. The highest BCUT2D eigenvalue weighted by Gasteiger charge is 2.30. The number of rotatable bonds is 4. The van der Waals surface area contributed by atoms with Gasteiger partial charge in [-0.2, -0.15) is 5.10 Å². The van der Waals surface area contributed by atoms with Crippen LogP contribution < -0.4 is 10.6 Å². The van der Waals surface area contributed by atoms with Crippen LogP contribution in [-0.2, 0) is 16.4 Å². The van der Waals surface area contributed by atoms with Gasteiger partial charge in [-0.3, -0.25) is 0 Å². The topological polar surface area (TPSA) is 101 Å². The van der Waals surface area contributed by atoms with Crippen LogP contribution in [0.1, 0.15) is 26.2 Å². The van der Waals surface area contributed by atoms with Gasteiger partial charge in [0.25, 0.3) is 0 Å². The Bertz CT molecular complexity index is 582. The third-order valence-corrected chi connectivity index (χ3v) is 4.56. The normalized spacial score (nSPS) is 20.4. The third kappa shape index (κ3) is 2.90. The number of hydrogen-bond acceptors (Lipinski definition) is 6. The van der Waals surface area contributed by atoms with Crippen LogP contribution in [0.25, 0.3) is 0 Å². The summed E-state index contributed by atoms with van der Waals surface area (Å²) in [4.78, 5) is 1.90. The number of anilines is 2. The van der Waals surface area contributed by atoms with E-state index in [1.165, 1.54) is 4.68 Å². The van der Waals surface area contributed by atoms with Gasteiger partial charge in [0.15, 0.2) is 20.6 Å². The number of hydrogen-bond donors (Lipinski definition) is 2. The zero-order valence-corrected chi connectivity index (χ0v) is 12.7. The van der Waals surface area contributed by atoms with Crippen LogP contribution in [0.4, 0.5) is 11.6 Å². The first kappa shape index (κ1) is 15.1. The monoisotopic (exact) mass is 302 g/mol. The fourth-order valence-electron chi connectivity index (χ4n) is 2.54. The van der Waals surface area contributed by atoms with Gasteiger partial charge in [0.2, 0.25) is 0 Å². The van der Waals surface area contributed by atoms with Crippen molar-refractivity contribution in [1.29, 1.82) is 0 Å². The molecule has 0 radical (unpaired) electrons. The predicted molar refractivity (Wildman–Crippen MR) is 77.5 cm³/mol. The Morgan fingerprint density at radius 2 is 2.20 bits per heavy atom. The van der Waals surface area contributed by atoms with Gasteiger partial charge in [0.1, 0.15) is 5.82 Å². The fourth-order valence-corrected chi connectivity index (χ4v) is 3.52. The smallest absolute Gasteiger partial charge is 0.182 e. The molecule has 8 heteroatoms. The van der Waals surface area contributed by atoms with Crippen molar-refractivity contribution in [2.24, 2.45) is 0 Å². The first-order valence-corrected chi connectivity index (χ1v) is 8.73. The molecule has 1 saturated heterocycles. The second-order valence-corrected chi connectivity index (χ2v) is 7.23. The van der Waals surface area contributed by atoms with Crippen LogP contribution >= 0.6 is 0 Å². The molecule has 0 aliphatic carbocycles. The average molecular weight is 302 g/mol. The lowest BCUT2D eigenvalue weighted by Gasteiger charge is -2.30. The number of nitrogens with zero attached hydrogens (tertiary/aromatic N) is 3. The maximum atomic E-state index is 12.0. The largest absolute Gasteiger partial charge is 0.391 e. The van der Waals surface area contributed by atoms with Crippen molar-refractivity contribution in [3.05, 3.63) is 0 Å². The summed E-state index contributed by atoms with van der Waals surface area (Å²) >= 11 is 0. The van der Waals surface area contributed by atoms with Gasteiger partial charge in [-0.15, -0.1) is 0 Å². The Hall–Kier alpha value is -1.28. The van der Waals surface area contributed by atoms with Crippen LogP contribution in [0.2, 0.25) is 0 Å². The quantitative estimate of drug-likeness (QED) is 0.826. The molecule has 0 amide bonds. The van der Waals surface area contributed by atoms with E-state index >= 15 is 0 Å². The van der Waals surface area contributed by atoms with Crippen molar-refractivity contribution in [2.45, 2.75) is 43.7 Å². The molecule has 0 saturated carbocycles. The minimum absolute atomic E-state index is 0.0834. The van der Waals surface area contributed by atoms with Gasteiger partial charge >= 0.3 is 0 Å². The van der Waals surface area contributed by atoms with Crippen molar-refractivity contribution in [1.82, 2.24) is 9.78 Å². The summed E-state index contributed by atoms with van der Waals surface area (Å²) in [5.41, 5.74) is 5.95. The van der Waals surface area contributed by atoms with Gasteiger partial charge < -0.3 is 15.7 Å². The minimum Gasteiger partial charge on any atom is -0.391 e. The fraction of sp³-hybridized carbons (Fsp3) is 0.750. The Morgan fingerprint density at radius 3 is 2.75 bits per heavy atom.